The first-order valence-corrected chi connectivity index (χ1v) is 8.78. The Morgan fingerprint density at radius 1 is 1.04 bits per heavy atom. The quantitative estimate of drug-likeness (QED) is 0.427. The van der Waals surface area contributed by atoms with Crippen LogP contribution in [0.25, 0.3) is 10.9 Å². The molecule has 0 spiro atoms. The summed E-state index contributed by atoms with van der Waals surface area (Å²) in [6, 6.07) is 14.7. The van der Waals surface area contributed by atoms with E-state index in [4.69, 9.17) is 4.74 Å². The van der Waals surface area contributed by atoms with Crippen LogP contribution in [0.3, 0.4) is 0 Å². The molecule has 1 heterocycles. The van der Waals surface area contributed by atoms with E-state index < -0.39 is 12.1 Å². The molecular weight excluding hydrogens is 322 g/mol. The second kappa shape index (κ2) is 6.93. The summed E-state index contributed by atoms with van der Waals surface area (Å²) in [5.74, 6) is -0.705. The zero-order valence-corrected chi connectivity index (χ0v) is 14.2. The third-order valence-electron chi connectivity index (χ3n) is 3.83. The van der Waals surface area contributed by atoms with Gasteiger partial charge in [0, 0.05) is 27.6 Å². The van der Waals surface area contributed by atoms with Gasteiger partial charge in [-0.3, -0.25) is 4.79 Å². The summed E-state index contributed by atoms with van der Waals surface area (Å²) in [6.45, 7) is 1.60. The Hall–Kier alpha value is -2.53. The molecular formula is C19H17NO3S. The molecule has 0 bridgehead atoms. The standard InChI is InChI=1S/C19H17NO3S/c1-12(23-19(22)14-8-4-6-10-17(14)24-2)18(21)15-11-20-16-9-5-3-7-13(15)16/h3-12,20H,1-2H3/t12-/m0/s1. The molecule has 3 rings (SSSR count). The summed E-state index contributed by atoms with van der Waals surface area (Å²) in [5.41, 5.74) is 1.89. The molecule has 0 unspecified atom stereocenters. The molecule has 24 heavy (non-hydrogen) atoms. The molecule has 0 radical (unpaired) electrons. The number of esters is 1. The summed E-state index contributed by atoms with van der Waals surface area (Å²) >= 11 is 1.47. The van der Waals surface area contributed by atoms with E-state index in [1.165, 1.54) is 11.8 Å². The highest BCUT2D eigenvalue weighted by Gasteiger charge is 2.23. The predicted octanol–water partition coefficient (Wildman–Crippen LogP) is 4.32. The summed E-state index contributed by atoms with van der Waals surface area (Å²) in [6.07, 6.45) is 2.70. The molecule has 122 valence electrons. The highest BCUT2D eigenvalue weighted by molar-refractivity contribution is 7.98. The lowest BCUT2D eigenvalue weighted by Crippen LogP contribution is -2.24. The van der Waals surface area contributed by atoms with Crippen LogP contribution in [0.15, 0.2) is 59.6 Å². The number of nitrogens with one attached hydrogen (secondary N) is 1. The molecule has 1 aromatic heterocycles. The summed E-state index contributed by atoms with van der Waals surface area (Å²) < 4.78 is 5.40. The van der Waals surface area contributed by atoms with Crippen molar-refractivity contribution < 1.29 is 14.3 Å². The Labute approximate surface area is 144 Å². The third-order valence-corrected chi connectivity index (χ3v) is 4.63. The van der Waals surface area contributed by atoms with Crippen molar-refractivity contribution in [1.29, 1.82) is 0 Å². The molecule has 0 aliphatic carbocycles. The zero-order valence-electron chi connectivity index (χ0n) is 13.4. The van der Waals surface area contributed by atoms with Crippen LogP contribution in [0.5, 0.6) is 0 Å². The van der Waals surface area contributed by atoms with Crippen molar-refractivity contribution in [2.45, 2.75) is 17.9 Å². The lowest BCUT2D eigenvalue weighted by Gasteiger charge is -2.13. The van der Waals surface area contributed by atoms with Crippen molar-refractivity contribution >= 4 is 34.4 Å². The Balaban J connectivity index is 1.80. The van der Waals surface area contributed by atoms with Crippen LogP contribution >= 0.6 is 11.8 Å². The summed E-state index contributed by atoms with van der Waals surface area (Å²) in [4.78, 5) is 28.9. The van der Waals surface area contributed by atoms with Gasteiger partial charge in [0.25, 0.3) is 0 Å². The van der Waals surface area contributed by atoms with Crippen LogP contribution in [0.2, 0.25) is 0 Å². The van der Waals surface area contributed by atoms with Crippen molar-refractivity contribution in [3.05, 3.63) is 65.9 Å². The fourth-order valence-electron chi connectivity index (χ4n) is 2.59. The van der Waals surface area contributed by atoms with Crippen LogP contribution in [0.1, 0.15) is 27.6 Å². The van der Waals surface area contributed by atoms with Crippen LogP contribution in [0, 0.1) is 0 Å². The Kier molecular flexibility index (Phi) is 4.71. The van der Waals surface area contributed by atoms with Crippen molar-refractivity contribution in [3.63, 3.8) is 0 Å². The van der Waals surface area contributed by atoms with Crippen molar-refractivity contribution in [3.8, 4) is 0 Å². The maximum Gasteiger partial charge on any atom is 0.339 e. The number of aromatic amines is 1. The van der Waals surface area contributed by atoms with E-state index in [2.05, 4.69) is 4.98 Å². The number of ether oxygens (including phenoxy) is 1. The summed E-state index contributed by atoms with van der Waals surface area (Å²) in [7, 11) is 0. The molecule has 3 aromatic rings. The number of para-hydroxylation sites is 1. The molecule has 5 heteroatoms. The Morgan fingerprint density at radius 3 is 2.54 bits per heavy atom. The number of fused-ring (bicyclic) bond motifs is 1. The summed E-state index contributed by atoms with van der Waals surface area (Å²) in [5, 5.41) is 0.829. The largest absolute Gasteiger partial charge is 0.451 e. The monoisotopic (exact) mass is 339 g/mol. The second-order valence-electron chi connectivity index (χ2n) is 5.36. The number of H-pyrrole nitrogens is 1. The van der Waals surface area contributed by atoms with Crippen molar-refractivity contribution in [2.75, 3.05) is 6.26 Å². The van der Waals surface area contributed by atoms with Crippen LogP contribution < -0.4 is 0 Å². The maximum absolute atomic E-state index is 12.6. The Bertz CT molecular complexity index is 900. The van der Waals surface area contributed by atoms with Crippen molar-refractivity contribution in [1.82, 2.24) is 4.98 Å². The van der Waals surface area contributed by atoms with Gasteiger partial charge in [0.05, 0.1) is 5.56 Å². The molecule has 1 N–H and O–H groups in total. The lowest BCUT2D eigenvalue weighted by atomic mass is 10.1. The van der Waals surface area contributed by atoms with E-state index in [1.807, 2.05) is 42.7 Å². The number of hydrogen-bond donors (Lipinski definition) is 1. The molecule has 1 atom stereocenters. The molecule has 0 aliphatic heterocycles. The van der Waals surface area contributed by atoms with Crippen molar-refractivity contribution in [2.24, 2.45) is 0 Å². The van der Waals surface area contributed by atoms with Crippen LogP contribution in [0.4, 0.5) is 0 Å². The van der Waals surface area contributed by atoms with Gasteiger partial charge in [-0.2, -0.15) is 0 Å². The van der Waals surface area contributed by atoms with Crippen LogP contribution in [-0.2, 0) is 4.74 Å². The highest BCUT2D eigenvalue weighted by atomic mass is 32.2. The Morgan fingerprint density at radius 2 is 1.75 bits per heavy atom. The topological polar surface area (TPSA) is 59.2 Å². The minimum Gasteiger partial charge on any atom is -0.451 e. The van der Waals surface area contributed by atoms with Gasteiger partial charge >= 0.3 is 5.97 Å². The molecule has 2 aromatic carbocycles. The van der Waals surface area contributed by atoms with E-state index >= 15 is 0 Å². The second-order valence-corrected chi connectivity index (χ2v) is 6.21. The minimum atomic E-state index is -0.855. The third kappa shape index (κ3) is 3.08. The van der Waals surface area contributed by atoms with Gasteiger partial charge in [0.2, 0.25) is 5.78 Å². The smallest absolute Gasteiger partial charge is 0.339 e. The molecule has 0 aliphatic rings. The average Bonchev–Trinajstić information content (AvgIpc) is 3.04. The minimum absolute atomic E-state index is 0.220. The van der Waals surface area contributed by atoms with E-state index in [0.717, 1.165) is 15.8 Å². The number of benzene rings is 2. The van der Waals surface area contributed by atoms with Gasteiger partial charge in [-0.05, 0) is 31.4 Å². The van der Waals surface area contributed by atoms with Gasteiger partial charge in [0.15, 0.2) is 6.10 Å². The normalized spacial score (nSPS) is 12.1. The van der Waals surface area contributed by atoms with Crippen LogP contribution in [-0.4, -0.2) is 29.1 Å². The van der Waals surface area contributed by atoms with Gasteiger partial charge in [0.1, 0.15) is 0 Å². The molecule has 0 amide bonds. The lowest BCUT2D eigenvalue weighted by molar-refractivity contribution is 0.0316. The average molecular weight is 339 g/mol. The number of carbonyl (C=O) groups excluding carboxylic acids is 2. The van der Waals surface area contributed by atoms with Gasteiger partial charge < -0.3 is 9.72 Å². The number of carbonyl (C=O) groups is 2. The number of rotatable bonds is 5. The van der Waals surface area contributed by atoms with E-state index in [-0.39, 0.29) is 5.78 Å². The molecule has 0 saturated heterocycles. The number of ketones is 1. The fourth-order valence-corrected chi connectivity index (χ4v) is 3.17. The first kappa shape index (κ1) is 16.3. The SMILES string of the molecule is CSc1ccccc1C(=O)O[C@@H](C)C(=O)c1c[nH]c2ccccc12. The highest BCUT2D eigenvalue weighted by Crippen LogP contribution is 2.23. The predicted molar refractivity (Wildman–Crippen MR) is 95.7 cm³/mol. The van der Waals surface area contributed by atoms with Gasteiger partial charge in [-0.15, -0.1) is 11.8 Å². The molecule has 0 fully saturated rings. The molecule has 0 saturated carbocycles. The number of aromatic nitrogens is 1. The first-order valence-electron chi connectivity index (χ1n) is 7.56. The zero-order chi connectivity index (χ0) is 17.1. The van der Waals surface area contributed by atoms with E-state index in [9.17, 15) is 9.59 Å². The number of hydrogen-bond acceptors (Lipinski definition) is 4. The fraction of sp³-hybridized carbons (Fsp3) is 0.158. The van der Waals surface area contributed by atoms with Gasteiger partial charge in [-0.1, -0.05) is 30.3 Å². The molecule has 4 nitrogen and oxygen atoms in total. The van der Waals surface area contributed by atoms with E-state index in [0.29, 0.717) is 11.1 Å². The maximum atomic E-state index is 12.6. The number of Topliss-reactive ketones (excluding diaryl/α,β-unsaturated/α-hetero) is 1. The first-order chi connectivity index (χ1) is 11.6. The number of thioether (sulfide) groups is 1. The van der Waals surface area contributed by atoms with Gasteiger partial charge in [-0.25, -0.2) is 4.79 Å². The van der Waals surface area contributed by atoms with E-state index in [1.54, 1.807) is 25.3 Å².